The molecule has 20 heavy (non-hydrogen) atoms. The summed E-state index contributed by atoms with van der Waals surface area (Å²) in [6.07, 6.45) is 5.19. The van der Waals surface area contributed by atoms with Gasteiger partial charge in [0.05, 0.1) is 5.69 Å². The average Bonchev–Trinajstić information content (AvgIpc) is 2.78. The van der Waals surface area contributed by atoms with Crippen LogP contribution in [0.1, 0.15) is 10.5 Å². The fourth-order valence-corrected chi connectivity index (χ4v) is 2.23. The fraction of sp³-hybridized carbons (Fsp3) is 0.0667. The Kier molecular flexibility index (Phi) is 2.87. The standard InChI is InChI=1S/C15H14N4O/c1-19-9-11(16)7-14(19)15(20)18-13-4-2-3-10-8-17-6-5-12(10)13/h2-9H,16H2,1H3,(H,18,20). The van der Waals surface area contributed by atoms with Crippen LogP contribution in [0.3, 0.4) is 0 Å². The Labute approximate surface area is 116 Å². The number of carbonyl (C=O) groups is 1. The van der Waals surface area contributed by atoms with E-state index in [0.717, 1.165) is 16.5 Å². The van der Waals surface area contributed by atoms with Gasteiger partial charge in [-0.15, -0.1) is 0 Å². The Morgan fingerprint density at radius 1 is 1.35 bits per heavy atom. The first-order valence-electron chi connectivity index (χ1n) is 6.21. The van der Waals surface area contributed by atoms with Gasteiger partial charge in [-0.05, 0) is 18.2 Å². The van der Waals surface area contributed by atoms with Crippen LogP contribution in [-0.4, -0.2) is 15.5 Å². The molecule has 0 atom stereocenters. The Bertz CT molecular complexity index is 786. The number of nitrogens with two attached hydrogens (primary N) is 1. The molecular formula is C15H14N4O. The van der Waals surface area contributed by atoms with E-state index in [-0.39, 0.29) is 5.91 Å². The van der Waals surface area contributed by atoms with Gasteiger partial charge in [-0.25, -0.2) is 0 Å². The maximum atomic E-state index is 12.3. The van der Waals surface area contributed by atoms with Gasteiger partial charge in [0.1, 0.15) is 5.69 Å². The second-order valence-corrected chi connectivity index (χ2v) is 4.63. The van der Waals surface area contributed by atoms with Crippen LogP contribution in [0.5, 0.6) is 0 Å². The fourth-order valence-electron chi connectivity index (χ4n) is 2.23. The first-order chi connectivity index (χ1) is 9.65. The zero-order valence-corrected chi connectivity index (χ0v) is 11.0. The van der Waals surface area contributed by atoms with E-state index in [1.807, 2.05) is 24.3 Å². The first-order valence-corrected chi connectivity index (χ1v) is 6.21. The molecule has 0 aliphatic carbocycles. The number of hydrogen-bond donors (Lipinski definition) is 2. The Morgan fingerprint density at radius 3 is 2.95 bits per heavy atom. The summed E-state index contributed by atoms with van der Waals surface area (Å²) in [4.78, 5) is 16.4. The largest absolute Gasteiger partial charge is 0.397 e. The van der Waals surface area contributed by atoms with Crippen molar-refractivity contribution < 1.29 is 4.79 Å². The lowest BCUT2D eigenvalue weighted by Crippen LogP contribution is -2.15. The quantitative estimate of drug-likeness (QED) is 0.748. The molecule has 3 aromatic rings. The molecule has 5 nitrogen and oxygen atoms in total. The zero-order chi connectivity index (χ0) is 14.1. The molecule has 0 fully saturated rings. The summed E-state index contributed by atoms with van der Waals surface area (Å²) >= 11 is 0. The maximum Gasteiger partial charge on any atom is 0.272 e. The summed E-state index contributed by atoms with van der Waals surface area (Å²) in [5, 5.41) is 4.85. The highest BCUT2D eigenvalue weighted by Gasteiger charge is 2.12. The molecule has 1 aromatic carbocycles. The van der Waals surface area contributed by atoms with Crippen LogP contribution >= 0.6 is 0 Å². The molecular weight excluding hydrogens is 252 g/mol. The molecule has 100 valence electrons. The van der Waals surface area contributed by atoms with Gasteiger partial charge in [-0.1, -0.05) is 12.1 Å². The van der Waals surface area contributed by atoms with Gasteiger partial charge in [0.25, 0.3) is 5.91 Å². The molecule has 2 aromatic heterocycles. The lowest BCUT2D eigenvalue weighted by Gasteiger charge is -2.08. The monoisotopic (exact) mass is 266 g/mol. The topological polar surface area (TPSA) is 72.9 Å². The van der Waals surface area contributed by atoms with Gasteiger partial charge in [0, 0.05) is 42.1 Å². The first kappa shape index (κ1) is 12.2. The highest BCUT2D eigenvalue weighted by atomic mass is 16.1. The van der Waals surface area contributed by atoms with E-state index in [4.69, 9.17) is 5.73 Å². The molecule has 1 amide bonds. The van der Waals surface area contributed by atoms with Crippen LogP contribution in [0.2, 0.25) is 0 Å². The third-order valence-electron chi connectivity index (χ3n) is 3.19. The minimum Gasteiger partial charge on any atom is -0.397 e. The van der Waals surface area contributed by atoms with E-state index in [1.54, 1.807) is 36.3 Å². The van der Waals surface area contributed by atoms with Crippen molar-refractivity contribution in [3.63, 3.8) is 0 Å². The SMILES string of the molecule is Cn1cc(N)cc1C(=O)Nc1cccc2cnccc12. The number of benzene rings is 1. The Morgan fingerprint density at radius 2 is 2.20 bits per heavy atom. The van der Waals surface area contributed by atoms with Crippen molar-refractivity contribution in [1.82, 2.24) is 9.55 Å². The smallest absolute Gasteiger partial charge is 0.272 e. The van der Waals surface area contributed by atoms with Gasteiger partial charge >= 0.3 is 0 Å². The number of nitrogens with zero attached hydrogens (tertiary/aromatic N) is 2. The van der Waals surface area contributed by atoms with Crippen LogP contribution in [-0.2, 0) is 7.05 Å². The van der Waals surface area contributed by atoms with Crippen molar-refractivity contribution in [2.24, 2.45) is 7.05 Å². The maximum absolute atomic E-state index is 12.3. The summed E-state index contributed by atoms with van der Waals surface area (Å²) < 4.78 is 1.71. The number of pyridine rings is 1. The minimum atomic E-state index is -0.187. The van der Waals surface area contributed by atoms with Crippen molar-refractivity contribution in [2.75, 3.05) is 11.1 Å². The van der Waals surface area contributed by atoms with Crippen LogP contribution < -0.4 is 11.1 Å². The van der Waals surface area contributed by atoms with Crippen LogP contribution in [0, 0.1) is 0 Å². The minimum absolute atomic E-state index is 0.187. The number of nitrogens with one attached hydrogen (secondary N) is 1. The molecule has 5 heteroatoms. The molecule has 0 saturated carbocycles. The highest BCUT2D eigenvalue weighted by Crippen LogP contribution is 2.23. The molecule has 0 radical (unpaired) electrons. The number of rotatable bonds is 2. The summed E-state index contributed by atoms with van der Waals surface area (Å²) in [5.41, 5.74) is 7.54. The van der Waals surface area contributed by atoms with Crippen molar-refractivity contribution in [3.05, 3.63) is 54.6 Å². The summed E-state index contributed by atoms with van der Waals surface area (Å²) in [6.45, 7) is 0. The molecule has 0 unspecified atom stereocenters. The van der Waals surface area contributed by atoms with Crippen LogP contribution in [0.15, 0.2) is 48.9 Å². The molecule has 3 rings (SSSR count). The summed E-state index contributed by atoms with van der Waals surface area (Å²) in [6, 6.07) is 9.25. The Hall–Kier alpha value is -2.82. The number of anilines is 2. The molecule has 0 saturated heterocycles. The lowest BCUT2D eigenvalue weighted by molar-refractivity contribution is 0.101. The normalized spacial score (nSPS) is 10.7. The van der Waals surface area contributed by atoms with Gasteiger partial charge < -0.3 is 15.6 Å². The van der Waals surface area contributed by atoms with E-state index in [0.29, 0.717) is 11.4 Å². The second-order valence-electron chi connectivity index (χ2n) is 4.63. The predicted octanol–water partition coefficient (Wildman–Crippen LogP) is 2.41. The second kappa shape index (κ2) is 4.70. The highest BCUT2D eigenvalue weighted by molar-refractivity contribution is 6.08. The van der Waals surface area contributed by atoms with Crippen molar-refractivity contribution >= 4 is 28.1 Å². The van der Waals surface area contributed by atoms with Gasteiger partial charge in [0.15, 0.2) is 0 Å². The number of fused-ring (bicyclic) bond motifs is 1. The lowest BCUT2D eigenvalue weighted by atomic mass is 10.1. The van der Waals surface area contributed by atoms with Crippen molar-refractivity contribution in [3.8, 4) is 0 Å². The van der Waals surface area contributed by atoms with Crippen molar-refractivity contribution in [1.29, 1.82) is 0 Å². The number of amides is 1. The molecule has 0 aliphatic rings. The summed E-state index contributed by atoms with van der Waals surface area (Å²) in [5.74, 6) is -0.187. The number of aromatic nitrogens is 2. The predicted molar refractivity (Wildman–Crippen MR) is 79.5 cm³/mol. The molecule has 0 spiro atoms. The summed E-state index contributed by atoms with van der Waals surface area (Å²) in [7, 11) is 1.79. The molecule has 0 bridgehead atoms. The third-order valence-corrected chi connectivity index (χ3v) is 3.19. The van der Waals surface area contributed by atoms with E-state index in [2.05, 4.69) is 10.3 Å². The van der Waals surface area contributed by atoms with Gasteiger partial charge in [-0.3, -0.25) is 9.78 Å². The number of carbonyl (C=O) groups excluding carboxylic acids is 1. The van der Waals surface area contributed by atoms with E-state index < -0.39 is 0 Å². The van der Waals surface area contributed by atoms with Crippen LogP contribution in [0.25, 0.3) is 10.8 Å². The van der Waals surface area contributed by atoms with E-state index in [1.165, 1.54) is 0 Å². The molecule has 2 heterocycles. The molecule has 0 aliphatic heterocycles. The number of aryl methyl sites for hydroxylation is 1. The number of nitrogen functional groups attached to an aromatic ring is 1. The average molecular weight is 266 g/mol. The number of hydrogen-bond acceptors (Lipinski definition) is 3. The van der Waals surface area contributed by atoms with E-state index >= 15 is 0 Å². The van der Waals surface area contributed by atoms with Gasteiger partial charge in [0.2, 0.25) is 0 Å². The third kappa shape index (κ3) is 2.09. The molecule has 3 N–H and O–H groups in total. The Balaban J connectivity index is 1.97. The van der Waals surface area contributed by atoms with Crippen LogP contribution in [0.4, 0.5) is 11.4 Å². The van der Waals surface area contributed by atoms with E-state index in [9.17, 15) is 4.79 Å². The van der Waals surface area contributed by atoms with Gasteiger partial charge in [-0.2, -0.15) is 0 Å². The zero-order valence-electron chi connectivity index (χ0n) is 11.0. The van der Waals surface area contributed by atoms with Crippen molar-refractivity contribution in [2.45, 2.75) is 0 Å².